The SMILES string of the molecule is C=CC(CCCC)OC(=O)CNC(c1ccccc1)c1ccccc1. The molecule has 0 aliphatic rings. The smallest absolute Gasteiger partial charge is 0.320 e. The third-order valence-electron chi connectivity index (χ3n) is 4.10. The zero-order valence-electron chi connectivity index (χ0n) is 14.9. The highest BCUT2D eigenvalue weighted by atomic mass is 16.5. The van der Waals surface area contributed by atoms with Crippen LogP contribution in [0, 0.1) is 0 Å². The molecule has 3 heteroatoms. The number of rotatable bonds is 10. The minimum absolute atomic E-state index is 0.0484. The molecule has 0 fully saturated rings. The largest absolute Gasteiger partial charge is 0.457 e. The first-order valence-electron chi connectivity index (χ1n) is 8.90. The van der Waals surface area contributed by atoms with E-state index in [2.05, 4.69) is 43.1 Å². The van der Waals surface area contributed by atoms with Gasteiger partial charge in [0.05, 0.1) is 12.6 Å². The third-order valence-corrected chi connectivity index (χ3v) is 4.10. The van der Waals surface area contributed by atoms with Crippen molar-refractivity contribution >= 4 is 5.97 Å². The van der Waals surface area contributed by atoms with Crippen molar-refractivity contribution in [3.05, 3.63) is 84.4 Å². The van der Waals surface area contributed by atoms with Gasteiger partial charge in [-0.1, -0.05) is 86.7 Å². The van der Waals surface area contributed by atoms with E-state index in [1.54, 1.807) is 6.08 Å². The Bertz CT molecular complexity index is 600. The van der Waals surface area contributed by atoms with Crippen LogP contribution in [0.15, 0.2) is 73.3 Å². The Morgan fingerprint density at radius 2 is 1.64 bits per heavy atom. The summed E-state index contributed by atoms with van der Waals surface area (Å²) < 4.78 is 5.50. The lowest BCUT2D eigenvalue weighted by Crippen LogP contribution is -2.31. The third kappa shape index (κ3) is 6.20. The van der Waals surface area contributed by atoms with Crippen molar-refractivity contribution in [2.24, 2.45) is 0 Å². The number of hydrogen-bond acceptors (Lipinski definition) is 3. The van der Waals surface area contributed by atoms with Crippen LogP contribution in [0.2, 0.25) is 0 Å². The fourth-order valence-electron chi connectivity index (χ4n) is 2.75. The molecule has 0 aromatic heterocycles. The van der Waals surface area contributed by atoms with E-state index in [0.717, 1.165) is 30.4 Å². The number of esters is 1. The van der Waals surface area contributed by atoms with Crippen LogP contribution in [0.3, 0.4) is 0 Å². The number of ether oxygens (including phenoxy) is 1. The Labute approximate surface area is 150 Å². The van der Waals surface area contributed by atoms with Gasteiger partial charge in [0.2, 0.25) is 0 Å². The van der Waals surface area contributed by atoms with Gasteiger partial charge >= 0.3 is 5.97 Å². The number of unbranched alkanes of at least 4 members (excludes halogenated alkanes) is 1. The minimum Gasteiger partial charge on any atom is -0.457 e. The summed E-state index contributed by atoms with van der Waals surface area (Å²) in [6.45, 7) is 6.04. The molecule has 0 radical (unpaired) electrons. The first-order valence-corrected chi connectivity index (χ1v) is 8.90. The number of carbonyl (C=O) groups is 1. The Hall–Kier alpha value is -2.39. The van der Waals surface area contributed by atoms with Gasteiger partial charge in [0.25, 0.3) is 0 Å². The molecule has 3 nitrogen and oxygen atoms in total. The molecule has 132 valence electrons. The van der Waals surface area contributed by atoms with Gasteiger partial charge in [0.15, 0.2) is 0 Å². The van der Waals surface area contributed by atoms with Gasteiger partial charge in [0.1, 0.15) is 6.10 Å². The van der Waals surface area contributed by atoms with Gasteiger partial charge in [-0.15, -0.1) is 0 Å². The number of carbonyl (C=O) groups excluding carboxylic acids is 1. The zero-order chi connectivity index (χ0) is 17.9. The quantitative estimate of drug-likeness (QED) is 0.506. The predicted octanol–water partition coefficient (Wildman–Crippen LogP) is 4.65. The predicted molar refractivity (Wildman–Crippen MR) is 102 cm³/mol. The van der Waals surface area contributed by atoms with Gasteiger partial charge in [-0.3, -0.25) is 10.1 Å². The van der Waals surface area contributed by atoms with Crippen LogP contribution in [0.4, 0.5) is 0 Å². The molecule has 0 amide bonds. The maximum absolute atomic E-state index is 12.2. The number of nitrogens with one attached hydrogen (secondary N) is 1. The molecule has 0 saturated heterocycles. The number of benzene rings is 2. The molecule has 2 aromatic rings. The molecule has 1 atom stereocenters. The van der Waals surface area contributed by atoms with Crippen LogP contribution in [0.5, 0.6) is 0 Å². The van der Waals surface area contributed by atoms with Gasteiger partial charge in [0, 0.05) is 0 Å². The van der Waals surface area contributed by atoms with Gasteiger partial charge in [-0.2, -0.15) is 0 Å². The van der Waals surface area contributed by atoms with Crippen LogP contribution in [-0.4, -0.2) is 18.6 Å². The van der Waals surface area contributed by atoms with E-state index in [1.165, 1.54) is 0 Å². The van der Waals surface area contributed by atoms with Crippen molar-refractivity contribution in [3.8, 4) is 0 Å². The summed E-state index contributed by atoms with van der Waals surface area (Å²) in [5, 5.41) is 3.33. The molecule has 2 aromatic carbocycles. The van der Waals surface area contributed by atoms with E-state index in [1.807, 2.05) is 36.4 Å². The normalized spacial score (nSPS) is 11.9. The molecule has 25 heavy (non-hydrogen) atoms. The second kappa shape index (κ2) is 10.5. The van der Waals surface area contributed by atoms with Crippen molar-refractivity contribution in [3.63, 3.8) is 0 Å². The molecule has 0 heterocycles. The van der Waals surface area contributed by atoms with E-state index in [4.69, 9.17) is 4.74 Å². The van der Waals surface area contributed by atoms with Crippen molar-refractivity contribution in [2.45, 2.75) is 38.3 Å². The van der Waals surface area contributed by atoms with Crippen molar-refractivity contribution in [1.29, 1.82) is 0 Å². The lowest BCUT2D eigenvalue weighted by atomic mass is 9.99. The molecule has 0 spiro atoms. The van der Waals surface area contributed by atoms with Crippen LogP contribution >= 0.6 is 0 Å². The topological polar surface area (TPSA) is 38.3 Å². The van der Waals surface area contributed by atoms with E-state index in [-0.39, 0.29) is 24.7 Å². The van der Waals surface area contributed by atoms with E-state index < -0.39 is 0 Å². The summed E-state index contributed by atoms with van der Waals surface area (Å²) in [6.07, 6.45) is 4.42. The highest BCUT2D eigenvalue weighted by Gasteiger charge is 2.16. The van der Waals surface area contributed by atoms with E-state index in [9.17, 15) is 4.79 Å². The summed E-state index contributed by atoms with van der Waals surface area (Å²) in [6, 6.07) is 20.2. The average molecular weight is 337 g/mol. The molecular formula is C22H27NO2. The van der Waals surface area contributed by atoms with Crippen LogP contribution in [0.25, 0.3) is 0 Å². The maximum Gasteiger partial charge on any atom is 0.320 e. The summed E-state index contributed by atoms with van der Waals surface area (Å²) in [5.74, 6) is -0.252. The minimum atomic E-state index is -0.252. The van der Waals surface area contributed by atoms with Gasteiger partial charge < -0.3 is 4.74 Å². The summed E-state index contributed by atoms with van der Waals surface area (Å²) in [5.41, 5.74) is 2.24. The Morgan fingerprint density at radius 1 is 1.08 bits per heavy atom. The van der Waals surface area contributed by atoms with Crippen molar-refractivity contribution < 1.29 is 9.53 Å². The first kappa shape index (κ1) is 18.9. The molecule has 1 unspecified atom stereocenters. The average Bonchev–Trinajstić information content (AvgIpc) is 2.67. The Balaban J connectivity index is 2.00. The second-order valence-electron chi connectivity index (χ2n) is 6.04. The Morgan fingerprint density at radius 3 is 2.12 bits per heavy atom. The van der Waals surface area contributed by atoms with Crippen LogP contribution in [-0.2, 0) is 9.53 Å². The summed E-state index contributed by atoms with van der Waals surface area (Å²) in [4.78, 5) is 12.2. The lowest BCUT2D eigenvalue weighted by molar-refractivity contribution is -0.146. The standard InChI is InChI=1S/C22H27NO2/c1-3-5-16-20(4-2)25-21(24)17-23-22(18-12-8-6-9-13-18)19-14-10-7-11-15-19/h4,6-15,20,22-23H,2-3,5,16-17H2,1H3. The monoisotopic (exact) mass is 337 g/mol. The first-order chi connectivity index (χ1) is 12.2. The lowest BCUT2D eigenvalue weighted by Gasteiger charge is -2.20. The highest BCUT2D eigenvalue weighted by molar-refractivity contribution is 5.72. The number of hydrogen-bond donors (Lipinski definition) is 1. The maximum atomic E-state index is 12.2. The van der Waals surface area contributed by atoms with Gasteiger partial charge in [-0.25, -0.2) is 0 Å². The van der Waals surface area contributed by atoms with E-state index in [0.29, 0.717) is 0 Å². The second-order valence-corrected chi connectivity index (χ2v) is 6.04. The molecule has 0 aliphatic carbocycles. The molecule has 2 rings (SSSR count). The molecule has 0 aliphatic heterocycles. The van der Waals surface area contributed by atoms with Gasteiger partial charge in [-0.05, 0) is 24.0 Å². The summed E-state index contributed by atoms with van der Waals surface area (Å²) in [7, 11) is 0. The van der Waals surface area contributed by atoms with Crippen molar-refractivity contribution in [1.82, 2.24) is 5.32 Å². The van der Waals surface area contributed by atoms with Crippen LogP contribution in [0.1, 0.15) is 43.4 Å². The fraction of sp³-hybridized carbons (Fsp3) is 0.318. The summed E-state index contributed by atoms with van der Waals surface area (Å²) >= 11 is 0. The molecule has 0 saturated carbocycles. The van der Waals surface area contributed by atoms with E-state index >= 15 is 0 Å². The molecular weight excluding hydrogens is 310 g/mol. The molecule has 0 bridgehead atoms. The van der Waals surface area contributed by atoms with Crippen LogP contribution < -0.4 is 5.32 Å². The fourth-order valence-corrected chi connectivity index (χ4v) is 2.75. The van der Waals surface area contributed by atoms with Crippen molar-refractivity contribution in [2.75, 3.05) is 6.54 Å². The highest BCUT2D eigenvalue weighted by Crippen LogP contribution is 2.21. The zero-order valence-corrected chi connectivity index (χ0v) is 14.9. The molecule has 1 N–H and O–H groups in total. The Kier molecular flexibility index (Phi) is 7.93.